The molecule has 0 saturated carbocycles. The third kappa shape index (κ3) is 2.76. The number of anilines is 1. The molecule has 0 fully saturated rings. The van der Waals surface area contributed by atoms with E-state index in [0.29, 0.717) is 6.54 Å². The molecule has 0 spiro atoms. The van der Waals surface area contributed by atoms with Crippen LogP contribution in [-0.2, 0) is 6.54 Å². The molecule has 3 rings (SSSR count). The molecule has 5 nitrogen and oxygen atoms in total. The molecule has 0 aliphatic rings. The average molecular weight is 301 g/mol. The number of hydrogen-bond donors (Lipinski definition) is 1. The molecule has 110 valence electrons. The van der Waals surface area contributed by atoms with Crippen LogP contribution in [0.1, 0.15) is 29.6 Å². The van der Waals surface area contributed by atoms with E-state index in [4.69, 9.17) is 9.97 Å². The predicted molar refractivity (Wildman–Crippen MR) is 87.0 cm³/mol. The van der Waals surface area contributed by atoms with Crippen LogP contribution in [0.15, 0.2) is 18.7 Å². The first-order chi connectivity index (χ1) is 10.2. The van der Waals surface area contributed by atoms with Gasteiger partial charge >= 0.3 is 0 Å². The summed E-state index contributed by atoms with van der Waals surface area (Å²) in [5, 5.41) is 4.61. The molecule has 0 radical (unpaired) electrons. The maximum Gasteiger partial charge on any atom is 0.152 e. The SMILES string of the molecule is CCCNc1nc(Cn2ccnc2)nc2sc(C)c(C)c12. The second-order valence-corrected chi connectivity index (χ2v) is 6.32. The Hall–Kier alpha value is -1.95. The van der Waals surface area contributed by atoms with Crippen molar-refractivity contribution in [3.05, 3.63) is 35.0 Å². The molecule has 3 aromatic rings. The van der Waals surface area contributed by atoms with Gasteiger partial charge in [-0.2, -0.15) is 0 Å². The van der Waals surface area contributed by atoms with Crippen LogP contribution < -0.4 is 5.32 Å². The van der Waals surface area contributed by atoms with Gasteiger partial charge in [-0.25, -0.2) is 15.0 Å². The first kappa shape index (κ1) is 14.0. The summed E-state index contributed by atoms with van der Waals surface area (Å²) in [7, 11) is 0. The summed E-state index contributed by atoms with van der Waals surface area (Å²) in [6, 6.07) is 0. The highest BCUT2D eigenvalue weighted by molar-refractivity contribution is 7.18. The molecule has 0 unspecified atom stereocenters. The van der Waals surface area contributed by atoms with E-state index in [9.17, 15) is 0 Å². The predicted octanol–water partition coefficient (Wildman–Crippen LogP) is 3.37. The molecule has 0 aliphatic heterocycles. The number of hydrogen-bond acceptors (Lipinski definition) is 5. The summed E-state index contributed by atoms with van der Waals surface area (Å²) in [5.74, 6) is 1.78. The lowest BCUT2D eigenvalue weighted by molar-refractivity contribution is 0.749. The lowest BCUT2D eigenvalue weighted by Gasteiger charge is -2.09. The molecule has 1 N–H and O–H groups in total. The molecular formula is C15H19N5S. The average Bonchev–Trinajstić information content (AvgIpc) is 3.06. The normalized spacial score (nSPS) is 11.2. The van der Waals surface area contributed by atoms with Gasteiger partial charge in [0.2, 0.25) is 0 Å². The molecule has 0 atom stereocenters. The molecule has 21 heavy (non-hydrogen) atoms. The largest absolute Gasteiger partial charge is 0.369 e. The van der Waals surface area contributed by atoms with Crippen LogP contribution in [0.2, 0.25) is 0 Å². The summed E-state index contributed by atoms with van der Waals surface area (Å²) in [6.45, 7) is 8.01. The monoisotopic (exact) mass is 301 g/mol. The van der Waals surface area contributed by atoms with E-state index in [1.807, 2.05) is 10.8 Å². The maximum atomic E-state index is 4.72. The zero-order chi connectivity index (χ0) is 14.8. The van der Waals surface area contributed by atoms with Crippen LogP contribution in [-0.4, -0.2) is 26.1 Å². The fourth-order valence-corrected chi connectivity index (χ4v) is 3.33. The van der Waals surface area contributed by atoms with Crippen LogP contribution in [0.3, 0.4) is 0 Å². The van der Waals surface area contributed by atoms with Gasteiger partial charge in [0.25, 0.3) is 0 Å². The number of nitrogens with one attached hydrogen (secondary N) is 1. The highest BCUT2D eigenvalue weighted by Crippen LogP contribution is 2.33. The van der Waals surface area contributed by atoms with Crippen molar-refractivity contribution in [3.63, 3.8) is 0 Å². The first-order valence-corrected chi connectivity index (χ1v) is 7.97. The van der Waals surface area contributed by atoms with E-state index in [1.54, 1.807) is 23.9 Å². The van der Waals surface area contributed by atoms with Gasteiger partial charge in [0.05, 0.1) is 18.3 Å². The summed E-state index contributed by atoms with van der Waals surface area (Å²) < 4.78 is 1.98. The van der Waals surface area contributed by atoms with E-state index in [1.165, 1.54) is 15.8 Å². The second-order valence-electron chi connectivity index (χ2n) is 5.11. The fourth-order valence-electron chi connectivity index (χ4n) is 2.28. The Balaban J connectivity index is 2.06. The molecule has 0 saturated heterocycles. The van der Waals surface area contributed by atoms with E-state index in [2.05, 4.69) is 31.1 Å². The Morgan fingerprint density at radius 2 is 2.14 bits per heavy atom. The van der Waals surface area contributed by atoms with E-state index < -0.39 is 0 Å². The molecule has 3 aromatic heterocycles. The number of rotatable bonds is 5. The lowest BCUT2D eigenvalue weighted by atomic mass is 10.2. The molecule has 0 bridgehead atoms. The number of aryl methyl sites for hydroxylation is 2. The molecule has 0 amide bonds. The Bertz CT molecular complexity index is 745. The topological polar surface area (TPSA) is 55.6 Å². The van der Waals surface area contributed by atoms with Gasteiger partial charge in [0.1, 0.15) is 10.6 Å². The van der Waals surface area contributed by atoms with E-state index >= 15 is 0 Å². The molecule has 0 aromatic carbocycles. The standard InChI is InChI=1S/C15H19N5S/c1-4-5-17-14-13-10(2)11(3)21-15(13)19-12(18-14)8-20-7-6-16-9-20/h6-7,9H,4-5,8H2,1-3H3,(H,17,18,19). The number of thiophene rings is 1. The van der Waals surface area contributed by atoms with Gasteiger partial charge < -0.3 is 9.88 Å². The van der Waals surface area contributed by atoms with Gasteiger partial charge in [-0.1, -0.05) is 6.92 Å². The third-order valence-electron chi connectivity index (χ3n) is 3.50. The van der Waals surface area contributed by atoms with Gasteiger partial charge in [0, 0.05) is 23.8 Å². The van der Waals surface area contributed by atoms with E-state index in [-0.39, 0.29) is 0 Å². The molecule has 3 heterocycles. The van der Waals surface area contributed by atoms with Crippen LogP contribution in [0.25, 0.3) is 10.2 Å². The summed E-state index contributed by atoms with van der Waals surface area (Å²) in [5.41, 5.74) is 1.28. The number of nitrogens with zero attached hydrogens (tertiary/aromatic N) is 4. The lowest BCUT2D eigenvalue weighted by Crippen LogP contribution is -2.08. The van der Waals surface area contributed by atoms with E-state index in [0.717, 1.165) is 29.4 Å². The van der Waals surface area contributed by atoms with Crippen LogP contribution in [0.4, 0.5) is 5.82 Å². The van der Waals surface area contributed by atoms with Crippen molar-refractivity contribution in [2.45, 2.75) is 33.7 Å². The van der Waals surface area contributed by atoms with Gasteiger partial charge in [-0.05, 0) is 25.8 Å². The smallest absolute Gasteiger partial charge is 0.152 e. The minimum Gasteiger partial charge on any atom is -0.369 e. The minimum atomic E-state index is 0.646. The Labute approximate surface area is 128 Å². The molecule has 0 aliphatic carbocycles. The number of aromatic nitrogens is 4. The van der Waals surface area contributed by atoms with Crippen molar-refractivity contribution in [3.8, 4) is 0 Å². The Morgan fingerprint density at radius 1 is 1.29 bits per heavy atom. The highest BCUT2D eigenvalue weighted by Gasteiger charge is 2.14. The number of fused-ring (bicyclic) bond motifs is 1. The number of imidazole rings is 1. The third-order valence-corrected chi connectivity index (χ3v) is 4.60. The van der Waals surface area contributed by atoms with Gasteiger partial charge in [0.15, 0.2) is 5.82 Å². The maximum absolute atomic E-state index is 4.72. The second kappa shape index (κ2) is 5.81. The zero-order valence-electron chi connectivity index (χ0n) is 12.6. The Kier molecular flexibility index (Phi) is 3.88. The van der Waals surface area contributed by atoms with Crippen molar-refractivity contribution < 1.29 is 0 Å². The van der Waals surface area contributed by atoms with Gasteiger partial charge in [-0.3, -0.25) is 0 Å². The first-order valence-electron chi connectivity index (χ1n) is 7.15. The van der Waals surface area contributed by atoms with Crippen molar-refractivity contribution in [2.24, 2.45) is 0 Å². The summed E-state index contributed by atoms with van der Waals surface area (Å²) in [4.78, 5) is 15.9. The summed E-state index contributed by atoms with van der Waals surface area (Å²) in [6.07, 6.45) is 6.56. The molecular weight excluding hydrogens is 282 g/mol. The van der Waals surface area contributed by atoms with Gasteiger partial charge in [-0.15, -0.1) is 11.3 Å². The van der Waals surface area contributed by atoms with Crippen molar-refractivity contribution >= 4 is 27.4 Å². The summed E-state index contributed by atoms with van der Waals surface area (Å²) >= 11 is 1.74. The van der Waals surface area contributed by atoms with Crippen molar-refractivity contribution in [1.29, 1.82) is 0 Å². The van der Waals surface area contributed by atoms with Crippen molar-refractivity contribution in [1.82, 2.24) is 19.5 Å². The van der Waals surface area contributed by atoms with Crippen molar-refractivity contribution in [2.75, 3.05) is 11.9 Å². The highest BCUT2D eigenvalue weighted by atomic mass is 32.1. The van der Waals surface area contributed by atoms with Crippen LogP contribution >= 0.6 is 11.3 Å². The minimum absolute atomic E-state index is 0.646. The zero-order valence-corrected chi connectivity index (χ0v) is 13.4. The van der Waals surface area contributed by atoms with Crippen LogP contribution in [0, 0.1) is 13.8 Å². The van der Waals surface area contributed by atoms with Crippen LogP contribution in [0.5, 0.6) is 0 Å². The molecule has 6 heteroatoms. The fraction of sp³-hybridized carbons (Fsp3) is 0.400. The Morgan fingerprint density at radius 3 is 2.86 bits per heavy atom. The quantitative estimate of drug-likeness (QED) is 0.785.